The molecule has 1 aromatic carbocycles. The van der Waals surface area contributed by atoms with Crippen molar-refractivity contribution in [2.45, 2.75) is 57.4 Å². The van der Waals surface area contributed by atoms with E-state index in [0.29, 0.717) is 31.6 Å². The van der Waals surface area contributed by atoms with Gasteiger partial charge in [-0.1, -0.05) is 19.1 Å². The van der Waals surface area contributed by atoms with E-state index in [2.05, 4.69) is 22.7 Å². The summed E-state index contributed by atoms with van der Waals surface area (Å²) in [5.74, 6) is -0.101. The molecule has 28 heavy (non-hydrogen) atoms. The smallest absolute Gasteiger partial charge is 0.322 e. The average molecular weight is 401 g/mol. The molecule has 0 bridgehead atoms. The molecular weight excluding hydrogens is 376 g/mol. The van der Waals surface area contributed by atoms with Gasteiger partial charge in [0.2, 0.25) is 5.91 Å². The largest absolute Gasteiger partial charge is 0.344 e. The molecule has 7 nitrogen and oxygen atoms in total. The number of rotatable bonds is 5. The van der Waals surface area contributed by atoms with Gasteiger partial charge in [-0.2, -0.15) is 5.01 Å². The van der Waals surface area contributed by atoms with Crippen LogP contribution >= 0.6 is 11.3 Å². The predicted molar refractivity (Wildman–Crippen MR) is 106 cm³/mol. The highest BCUT2D eigenvalue weighted by molar-refractivity contribution is 7.18. The number of nitrogens with one attached hydrogen (secondary N) is 2. The van der Waals surface area contributed by atoms with Crippen LogP contribution in [0.4, 0.5) is 4.79 Å². The Kier molecular flexibility index (Phi) is 5.05. The summed E-state index contributed by atoms with van der Waals surface area (Å²) >= 11 is 1.63. The molecule has 0 unspecified atom stereocenters. The maximum Gasteiger partial charge on any atom is 0.344 e. The normalized spacial score (nSPS) is 24.8. The lowest BCUT2D eigenvalue weighted by Crippen LogP contribution is -2.51. The molecule has 1 saturated carbocycles. The second kappa shape index (κ2) is 7.50. The van der Waals surface area contributed by atoms with Crippen LogP contribution in [0.2, 0.25) is 0 Å². The fourth-order valence-corrected chi connectivity index (χ4v) is 4.93. The number of amides is 4. The van der Waals surface area contributed by atoms with Gasteiger partial charge in [-0.25, -0.2) is 9.78 Å². The molecule has 1 saturated heterocycles. The minimum absolute atomic E-state index is 0.233. The summed E-state index contributed by atoms with van der Waals surface area (Å²) in [6.45, 7) is 2.15. The molecule has 1 aliphatic heterocycles. The highest BCUT2D eigenvalue weighted by Gasteiger charge is 2.52. The Bertz CT molecular complexity index is 884. The van der Waals surface area contributed by atoms with E-state index in [9.17, 15) is 14.4 Å². The van der Waals surface area contributed by atoms with E-state index in [0.717, 1.165) is 33.1 Å². The van der Waals surface area contributed by atoms with Gasteiger partial charge >= 0.3 is 6.03 Å². The molecule has 2 fully saturated rings. The van der Waals surface area contributed by atoms with Gasteiger partial charge in [0, 0.05) is 6.42 Å². The van der Waals surface area contributed by atoms with E-state index in [4.69, 9.17) is 0 Å². The molecule has 0 atom stereocenters. The molecule has 1 spiro atoms. The fourth-order valence-electron chi connectivity index (χ4n) is 3.92. The predicted octanol–water partition coefficient (Wildman–Crippen LogP) is 3.15. The summed E-state index contributed by atoms with van der Waals surface area (Å²) in [7, 11) is 0. The first-order valence-electron chi connectivity index (χ1n) is 9.77. The topological polar surface area (TPSA) is 91.4 Å². The summed E-state index contributed by atoms with van der Waals surface area (Å²) < 4.78 is 1.13. The van der Waals surface area contributed by atoms with Gasteiger partial charge in [0.15, 0.2) is 0 Å². The van der Waals surface area contributed by atoms with Crippen LogP contribution in [0.25, 0.3) is 10.2 Å². The number of hydrogen-bond acceptors (Lipinski definition) is 5. The van der Waals surface area contributed by atoms with E-state index >= 15 is 0 Å². The Morgan fingerprint density at radius 2 is 2.07 bits per heavy atom. The van der Waals surface area contributed by atoms with Gasteiger partial charge in [0.05, 0.1) is 15.2 Å². The summed E-state index contributed by atoms with van der Waals surface area (Å²) in [5, 5.41) is 4.66. The Morgan fingerprint density at radius 3 is 2.82 bits per heavy atom. The molecule has 4 amide bonds. The first-order valence-corrected chi connectivity index (χ1v) is 10.6. The third kappa shape index (κ3) is 3.61. The third-order valence-electron chi connectivity index (χ3n) is 5.66. The number of benzene rings is 1. The number of aromatic nitrogens is 1. The number of urea groups is 1. The fraction of sp³-hybridized carbons (Fsp3) is 0.500. The van der Waals surface area contributed by atoms with Gasteiger partial charge in [-0.15, -0.1) is 11.3 Å². The zero-order valence-corrected chi connectivity index (χ0v) is 16.7. The zero-order chi connectivity index (χ0) is 19.7. The molecular formula is C20H24N4O3S. The summed E-state index contributed by atoms with van der Waals surface area (Å²) in [6.07, 6.45) is 4.58. The number of fused-ring (bicyclic) bond motifs is 1. The van der Waals surface area contributed by atoms with Crippen LogP contribution in [0.1, 0.15) is 50.5 Å². The van der Waals surface area contributed by atoms with Crippen molar-refractivity contribution in [3.05, 3.63) is 29.3 Å². The van der Waals surface area contributed by atoms with Crippen LogP contribution in [0.5, 0.6) is 0 Å². The molecule has 2 aliphatic rings. The minimum Gasteiger partial charge on any atom is -0.322 e. The number of thiazole rings is 1. The van der Waals surface area contributed by atoms with Crippen LogP contribution in [0.3, 0.4) is 0 Å². The number of nitrogens with zero attached hydrogens (tertiary/aromatic N) is 2. The van der Waals surface area contributed by atoms with Gasteiger partial charge < -0.3 is 5.32 Å². The Labute approximate surface area is 167 Å². The molecule has 2 aromatic rings. The lowest BCUT2D eigenvalue weighted by molar-refractivity contribution is -0.140. The molecule has 2 N–H and O–H groups in total. The Hall–Kier alpha value is -2.48. The lowest BCUT2D eigenvalue weighted by atomic mass is 9.77. The third-order valence-corrected chi connectivity index (χ3v) is 6.75. The van der Waals surface area contributed by atoms with Crippen molar-refractivity contribution in [1.29, 1.82) is 0 Å². The molecule has 4 rings (SSSR count). The molecule has 1 aliphatic carbocycles. The van der Waals surface area contributed by atoms with Crippen LogP contribution in [0.15, 0.2) is 24.3 Å². The number of carbonyl (C=O) groups excluding carboxylic acids is 3. The minimum atomic E-state index is -0.835. The second-order valence-corrected chi connectivity index (χ2v) is 8.91. The van der Waals surface area contributed by atoms with Crippen molar-refractivity contribution in [2.24, 2.45) is 5.92 Å². The second-order valence-electron chi connectivity index (χ2n) is 7.80. The number of hydrogen-bond donors (Lipinski definition) is 2. The first-order chi connectivity index (χ1) is 13.5. The van der Waals surface area contributed by atoms with Gasteiger partial charge in [0.1, 0.15) is 5.54 Å². The van der Waals surface area contributed by atoms with E-state index < -0.39 is 11.6 Å². The summed E-state index contributed by atoms with van der Waals surface area (Å²) in [5.41, 5.74) is 2.63. The monoisotopic (exact) mass is 400 g/mol. The van der Waals surface area contributed by atoms with Crippen molar-refractivity contribution in [1.82, 2.24) is 20.7 Å². The number of para-hydroxylation sites is 1. The van der Waals surface area contributed by atoms with Gasteiger partial charge in [-0.3, -0.25) is 15.0 Å². The van der Waals surface area contributed by atoms with Crippen LogP contribution < -0.4 is 10.7 Å². The Morgan fingerprint density at radius 1 is 1.32 bits per heavy atom. The standard InChI is InChI=1S/C20H24N4O3S/c1-13-9-11-20(12-10-13)18(26)24(19(27)22-20)23-16(25)7-4-8-17-21-14-5-2-3-6-15(14)28-17/h2-3,5-6,13H,4,7-12H2,1H3,(H,22,27)(H,23,25). The van der Waals surface area contributed by atoms with Crippen molar-refractivity contribution in [3.63, 3.8) is 0 Å². The van der Waals surface area contributed by atoms with E-state index in [1.165, 1.54) is 0 Å². The van der Waals surface area contributed by atoms with Crippen LogP contribution in [0, 0.1) is 5.92 Å². The van der Waals surface area contributed by atoms with E-state index in [1.807, 2.05) is 24.3 Å². The zero-order valence-electron chi connectivity index (χ0n) is 15.9. The number of carbonyl (C=O) groups is 3. The molecule has 0 radical (unpaired) electrons. The van der Waals surface area contributed by atoms with Gasteiger partial charge in [-0.05, 0) is 56.6 Å². The van der Waals surface area contributed by atoms with Crippen LogP contribution in [-0.4, -0.2) is 33.4 Å². The quantitative estimate of drug-likeness (QED) is 0.754. The van der Waals surface area contributed by atoms with E-state index in [1.54, 1.807) is 11.3 Å². The Balaban J connectivity index is 1.29. The first kappa shape index (κ1) is 18.9. The van der Waals surface area contributed by atoms with Crippen molar-refractivity contribution in [2.75, 3.05) is 0 Å². The number of imide groups is 1. The highest BCUT2D eigenvalue weighted by Crippen LogP contribution is 2.35. The molecule has 2 heterocycles. The molecule has 8 heteroatoms. The number of aryl methyl sites for hydroxylation is 1. The van der Waals surface area contributed by atoms with E-state index in [-0.39, 0.29) is 18.2 Å². The highest BCUT2D eigenvalue weighted by atomic mass is 32.1. The number of hydrazine groups is 1. The van der Waals surface area contributed by atoms with Gasteiger partial charge in [0.25, 0.3) is 5.91 Å². The SMILES string of the molecule is CC1CCC2(CC1)NC(=O)N(NC(=O)CCCc1nc3ccccc3s1)C2=O. The maximum atomic E-state index is 12.7. The molecule has 1 aromatic heterocycles. The summed E-state index contributed by atoms with van der Waals surface area (Å²) in [6, 6.07) is 7.41. The van der Waals surface area contributed by atoms with Crippen molar-refractivity contribution < 1.29 is 14.4 Å². The van der Waals surface area contributed by atoms with Crippen molar-refractivity contribution >= 4 is 39.4 Å². The average Bonchev–Trinajstić information content (AvgIpc) is 3.18. The molecule has 148 valence electrons. The summed E-state index contributed by atoms with van der Waals surface area (Å²) in [4.78, 5) is 41.8. The maximum absolute atomic E-state index is 12.7. The lowest BCUT2D eigenvalue weighted by Gasteiger charge is -2.33. The van der Waals surface area contributed by atoms with Crippen molar-refractivity contribution in [3.8, 4) is 0 Å². The van der Waals surface area contributed by atoms with Crippen LogP contribution in [-0.2, 0) is 16.0 Å².